The number of hydrogen-bond donors (Lipinski definition) is 1. The minimum absolute atomic E-state index is 0.287. The number of hydrogen-bond acceptors (Lipinski definition) is 3. The fourth-order valence-electron chi connectivity index (χ4n) is 2.22. The van der Waals surface area contributed by atoms with Crippen LogP contribution in [-0.4, -0.2) is 48.8 Å². The zero-order chi connectivity index (χ0) is 14.9. The molecule has 4 nitrogen and oxygen atoms in total. The molecule has 0 radical (unpaired) electrons. The van der Waals surface area contributed by atoms with Crippen LogP contribution >= 0.6 is 0 Å². The van der Waals surface area contributed by atoms with Crippen LogP contribution in [0.3, 0.4) is 0 Å². The topological polar surface area (TPSA) is 60.4 Å². The number of aliphatic hydroxyl groups excluding tert-OH is 1. The number of quaternary nitrogens is 1. The zero-order valence-corrected chi connectivity index (χ0v) is 13.0. The van der Waals surface area contributed by atoms with Gasteiger partial charge in [0.15, 0.2) is 0 Å². The van der Waals surface area contributed by atoms with E-state index in [1.165, 1.54) is 19.3 Å². The maximum Gasteiger partial charge on any atom is 0.105 e. The number of carbonyl (C=O) groups excluding carboxylic acids is 1. The summed E-state index contributed by atoms with van der Waals surface area (Å²) in [4.78, 5) is 10.7. The number of aliphatic carboxylic acids is 1. The molecule has 0 aromatic carbocycles. The Morgan fingerprint density at radius 2 is 1.84 bits per heavy atom. The summed E-state index contributed by atoms with van der Waals surface area (Å²) in [5.41, 5.74) is 0. The van der Waals surface area contributed by atoms with Crippen molar-refractivity contribution in [2.24, 2.45) is 5.92 Å². The van der Waals surface area contributed by atoms with Gasteiger partial charge in [0.2, 0.25) is 0 Å². The normalized spacial score (nSPS) is 15.2. The fraction of sp³-hybridized carbons (Fsp3) is 0.933. The number of carboxylic acids is 1. The average Bonchev–Trinajstić information content (AvgIpc) is 2.31. The van der Waals surface area contributed by atoms with Gasteiger partial charge in [-0.3, -0.25) is 0 Å². The van der Waals surface area contributed by atoms with Crippen molar-refractivity contribution in [1.82, 2.24) is 0 Å². The van der Waals surface area contributed by atoms with Gasteiger partial charge in [0.05, 0.1) is 20.6 Å². The Bertz CT molecular complexity index is 254. The van der Waals surface area contributed by atoms with E-state index in [9.17, 15) is 15.0 Å². The van der Waals surface area contributed by atoms with E-state index in [1.54, 1.807) is 6.92 Å². The van der Waals surface area contributed by atoms with Gasteiger partial charge in [-0.05, 0) is 6.42 Å². The first-order valence-electron chi connectivity index (χ1n) is 7.49. The summed E-state index contributed by atoms with van der Waals surface area (Å²) in [5, 5.41) is 20.7. The molecular weight excluding hydrogens is 242 g/mol. The fourth-order valence-corrected chi connectivity index (χ4v) is 2.22. The lowest BCUT2D eigenvalue weighted by molar-refractivity contribution is -0.893. The summed E-state index contributed by atoms with van der Waals surface area (Å²) >= 11 is 0. The van der Waals surface area contributed by atoms with E-state index in [0.29, 0.717) is 17.4 Å². The number of nitrogens with zero attached hydrogens (tertiary/aromatic N) is 1. The minimum atomic E-state index is -0.986. The van der Waals surface area contributed by atoms with Gasteiger partial charge in [0.25, 0.3) is 0 Å². The van der Waals surface area contributed by atoms with Crippen LogP contribution in [0.2, 0.25) is 0 Å². The highest BCUT2D eigenvalue weighted by molar-refractivity contribution is 5.66. The predicted molar refractivity (Wildman–Crippen MR) is 75.4 cm³/mol. The second-order valence-electron chi connectivity index (χ2n) is 6.35. The quantitative estimate of drug-likeness (QED) is 0.454. The summed E-state index contributed by atoms with van der Waals surface area (Å²) in [6, 6.07) is 0. The Balaban J connectivity index is 3.89. The molecule has 0 aliphatic heterocycles. The van der Waals surface area contributed by atoms with Crippen molar-refractivity contribution in [1.29, 1.82) is 0 Å². The van der Waals surface area contributed by atoms with Gasteiger partial charge in [-0.25, -0.2) is 0 Å². The average molecular weight is 273 g/mol. The summed E-state index contributed by atoms with van der Waals surface area (Å²) in [5.74, 6) is -1.40. The van der Waals surface area contributed by atoms with Gasteiger partial charge < -0.3 is 19.5 Å². The molecule has 0 heterocycles. The summed E-state index contributed by atoms with van der Waals surface area (Å²) in [6.45, 7) is 5.29. The third-order valence-corrected chi connectivity index (χ3v) is 3.67. The smallest absolute Gasteiger partial charge is 0.105 e. The van der Waals surface area contributed by atoms with Crippen molar-refractivity contribution in [3.63, 3.8) is 0 Å². The van der Waals surface area contributed by atoms with E-state index in [0.717, 1.165) is 19.4 Å². The van der Waals surface area contributed by atoms with E-state index >= 15 is 0 Å². The highest BCUT2D eigenvalue weighted by Gasteiger charge is 2.21. The van der Waals surface area contributed by atoms with Crippen LogP contribution in [0.4, 0.5) is 0 Å². The third kappa shape index (κ3) is 9.91. The lowest BCUT2D eigenvalue weighted by Crippen LogP contribution is -2.47. The molecule has 2 unspecified atom stereocenters. The molecule has 0 fully saturated rings. The van der Waals surface area contributed by atoms with Crippen LogP contribution in [0.15, 0.2) is 0 Å². The molecule has 0 spiro atoms. The highest BCUT2D eigenvalue weighted by Crippen LogP contribution is 2.11. The highest BCUT2D eigenvalue weighted by atomic mass is 16.4. The molecule has 1 N–H and O–H groups in total. The molecule has 114 valence electrons. The second kappa shape index (κ2) is 9.32. The SMILES string of the molecule is CCCCCCC(O)C[N+](C)(C)CCC(C)C(=O)[O-]. The largest absolute Gasteiger partial charge is 0.550 e. The molecule has 0 aliphatic rings. The van der Waals surface area contributed by atoms with Gasteiger partial charge >= 0.3 is 0 Å². The van der Waals surface area contributed by atoms with Crippen molar-refractivity contribution in [3.05, 3.63) is 0 Å². The molecule has 19 heavy (non-hydrogen) atoms. The van der Waals surface area contributed by atoms with Crippen molar-refractivity contribution in [2.75, 3.05) is 27.2 Å². The Morgan fingerprint density at radius 3 is 2.37 bits per heavy atom. The van der Waals surface area contributed by atoms with Crippen LogP contribution in [0.5, 0.6) is 0 Å². The Morgan fingerprint density at radius 1 is 1.21 bits per heavy atom. The Labute approximate surface area is 118 Å². The first kappa shape index (κ1) is 18.4. The van der Waals surface area contributed by atoms with Gasteiger partial charge in [-0.15, -0.1) is 0 Å². The monoisotopic (exact) mass is 273 g/mol. The second-order valence-corrected chi connectivity index (χ2v) is 6.35. The summed E-state index contributed by atoms with van der Waals surface area (Å²) < 4.78 is 0.659. The number of carbonyl (C=O) groups is 1. The minimum Gasteiger partial charge on any atom is -0.550 e. The first-order valence-corrected chi connectivity index (χ1v) is 7.49. The molecule has 0 aliphatic carbocycles. The molecule has 0 aromatic rings. The van der Waals surface area contributed by atoms with Gasteiger partial charge in [0, 0.05) is 18.3 Å². The van der Waals surface area contributed by atoms with Crippen LogP contribution < -0.4 is 5.11 Å². The first-order chi connectivity index (χ1) is 8.78. The van der Waals surface area contributed by atoms with Gasteiger partial charge in [0.1, 0.15) is 12.6 Å². The standard InChI is InChI=1S/C15H31NO3/c1-5-6-7-8-9-14(17)12-16(3,4)11-10-13(2)15(18)19/h13-14,17H,5-12H2,1-4H3. The van der Waals surface area contributed by atoms with Crippen LogP contribution in [0.1, 0.15) is 52.4 Å². The van der Waals surface area contributed by atoms with E-state index in [2.05, 4.69) is 6.92 Å². The van der Waals surface area contributed by atoms with Crippen molar-refractivity contribution >= 4 is 5.97 Å². The van der Waals surface area contributed by atoms with Gasteiger partial charge in [-0.1, -0.05) is 39.5 Å². The Hall–Kier alpha value is -0.610. The molecule has 2 atom stereocenters. The molecule has 0 rings (SSSR count). The van der Waals surface area contributed by atoms with Crippen molar-refractivity contribution < 1.29 is 19.5 Å². The lowest BCUT2D eigenvalue weighted by Gasteiger charge is -2.33. The predicted octanol–water partition coefficient (Wildman–Crippen LogP) is 1.17. The van der Waals surface area contributed by atoms with E-state index in [-0.39, 0.29) is 6.10 Å². The van der Waals surface area contributed by atoms with Crippen molar-refractivity contribution in [3.8, 4) is 0 Å². The molecular formula is C15H31NO3. The molecule has 0 aromatic heterocycles. The molecule has 0 saturated carbocycles. The van der Waals surface area contributed by atoms with Crippen molar-refractivity contribution in [2.45, 2.75) is 58.5 Å². The number of unbranched alkanes of at least 4 members (excludes halogenated alkanes) is 3. The maximum absolute atomic E-state index is 10.7. The number of aliphatic hydroxyl groups is 1. The van der Waals surface area contributed by atoms with Crippen LogP contribution in [0, 0.1) is 5.92 Å². The van der Waals surface area contributed by atoms with Crippen LogP contribution in [-0.2, 0) is 4.79 Å². The van der Waals surface area contributed by atoms with E-state index in [1.807, 2.05) is 14.1 Å². The summed E-state index contributed by atoms with van der Waals surface area (Å²) in [6.07, 6.45) is 5.85. The molecule has 0 bridgehead atoms. The molecule has 4 heteroatoms. The zero-order valence-electron chi connectivity index (χ0n) is 13.0. The summed E-state index contributed by atoms with van der Waals surface area (Å²) in [7, 11) is 4.08. The van der Waals surface area contributed by atoms with E-state index in [4.69, 9.17) is 0 Å². The van der Waals surface area contributed by atoms with Gasteiger partial charge in [-0.2, -0.15) is 0 Å². The van der Waals surface area contributed by atoms with Crippen LogP contribution in [0.25, 0.3) is 0 Å². The molecule has 0 saturated heterocycles. The number of rotatable bonds is 11. The molecule has 0 amide bonds. The number of carboxylic acid groups (broad SMARTS) is 1. The maximum atomic E-state index is 10.7. The van der Waals surface area contributed by atoms with E-state index < -0.39 is 11.9 Å². The third-order valence-electron chi connectivity index (χ3n) is 3.67. The lowest BCUT2D eigenvalue weighted by atomic mass is 10.1. The Kier molecular flexibility index (Phi) is 9.02. The number of likely N-dealkylation sites (N-methyl/N-ethyl adjacent to an activating group) is 1.